The first-order valence-corrected chi connectivity index (χ1v) is 8.56. The lowest BCUT2D eigenvalue weighted by atomic mass is 9.78. The first-order chi connectivity index (χ1) is 12.2. The van der Waals surface area contributed by atoms with Crippen molar-refractivity contribution in [1.29, 1.82) is 0 Å². The summed E-state index contributed by atoms with van der Waals surface area (Å²) in [5.41, 5.74) is 0.0275. The van der Waals surface area contributed by atoms with E-state index < -0.39 is 17.5 Å². The highest BCUT2D eigenvalue weighted by Crippen LogP contribution is 2.42. The highest BCUT2D eigenvalue weighted by atomic mass is 35.5. The molecule has 2 atom stereocenters. The fourth-order valence-electron chi connectivity index (χ4n) is 3.33. The second-order valence-corrected chi connectivity index (χ2v) is 7.27. The molecular formula is C18H15Cl2NO5. The van der Waals surface area contributed by atoms with E-state index in [9.17, 15) is 14.4 Å². The van der Waals surface area contributed by atoms with Crippen LogP contribution in [-0.2, 0) is 21.5 Å². The number of ether oxygens (including phenoxy) is 1. The van der Waals surface area contributed by atoms with Crippen LogP contribution in [0.1, 0.15) is 35.6 Å². The molecule has 3 rings (SSSR count). The second kappa shape index (κ2) is 6.45. The monoisotopic (exact) mass is 395 g/mol. The van der Waals surface area contributed by atoms with Crippen LogP contribution in [0.25, 0.3) is 0 Å². The van der Waals surface area contributed by atoms with Gasteiger partial charge in [-0.1, -0.05) is 30.1 Å². The summed E-state index contributed by atoms with van der Waals surface area (Å²) in [6.07, 6.45) is -1.65. The number of carbonyl (C=O) groups excluding carboxylic acids is 2. The van der Waals surface area contributed by atoms with E-state index in [1.54, 1.807) is 42.7 Å². The van der Waals surface area contributed by atoms with Crippen LogP contribution in [0, 0.1) is 5.92 Å². The van der Waals surface area contributed by atoms with Gasteiger partial charge in [-0.05, 0) is 43.2 Å². The molecule has 1 aromatic heterocycles. The second-order valence-electron chi connectivity index (χ2n) is 6.43. The van der Waals surface area contributed by atoms with Gasteiger partial charge in [-0.25, -0.2) is 4.79 Å². The lowest BCUT2D eigenvalue weighted by molar-refractivity contribution is -0.146. The van der Waals surface area contributed by atoms with Crippen LogP contribution in [0.5, 0.6) is 0 Å². The molecule has 1 aromatic carbocycles. The molecule has 0 radical (unpaired) electrons. The van der Waals surface area contributed by atoms with Gasteiger partial charge in [-0.3, -0.25) is 9.59 Å². The topological polar surface area (TPSA) is 85.6 Å². The largest absolute Gasteiger partial charge is 0.513 e. The van der Waals surface area contributed by atoms with Gasteiger partial charge in [0, 0.05) is 22.8 Å². The summed E-state index contributed by atoms with van der Waals surface area (Å²) in [5.74, 6) is -1.42. The van der Waals surface area contributed by atoms with Gasteiger partial charge in [0.2, 0.25) is 5.78 Å². The van der Waals surface area contributed by atoms with Crippen LogP contribution in [0.3, 0.4) is 0 Å². The predicted octanol–water partition coefficient (Wildman–Crippen LogP) is 4.15. The van der Waals surface area contributed by atoms with Gasteiger partial charge < -0.3 is 14.4 Å². The van der Waals surface area contributed by atoms with E-state index >= 15 is 0 Å². The van der Waals surface area contributed by atoms with E-state index in [0.29, 0.717) is 28.5 Å². The molecule has 0 amide bonds. The van der Waals surface area contributed by atoms with E-state index in [0.717, 1.165) is 0 Å². The van der Waals surface area contributed by atoms with Gasteiger partial charge in [-0.2, -0.15) is 0 Å². The number of carbonyl (C=O) groups is 3. The summed E-state index contributed by atoms with van der Waals surface area (Å²) in [6.45, 7) is 3.80. The molecule has 0 aliphatic carbocycles. The quantitative estimate of drug-likeness (QED) is 0.479. The Bertz CT molecular complexity index is 936. The maximum absolute atomic E-state index is 12.9. The third-order valence-electron chi connectivity index (χ3n) is 4.97. The van der Waals surface area contributed by atoms with Crippen molar-refractivity contribution in [2.75, 3.05) is 0 Å². The summed E-state index contributed by atoms with van der Waals surface area (Å²) in [6, 6.07) is 7.85. The van der Waals surface area contributed by atoms with Crippen LogP contribution < -0.4 is 0 Å². The van der Waals surface area contributed by atoms with Crippen molar-refractivity contribution in [2.24, 2.45) is 5.92 Å². The summed E-state index contributed by atoms with van der Waals surface area (Å²) in [7, 11) is 0. The third-order valence-corrected chi connectivity index (χ3v) is 5.52. The van der Waals surface area contributed by atoms with Crippen molar-refractivity contribution in [2.45, 2.75) is 25.8 Å². The number of halogens is 2. The maximum Gasteiger partial charge on any atom is 0.513 e. The van der Waals surface area contributed by atoms with Crippen molar-refractivity contribution in [1.82, 2.24) is 4.57 Å². The Balaban J connectivity index is 2.03. The zero-order valence-electron chi connectivity index (χ0n) is 14.0. The number of hydrogen-bond donors (Lipinski definition) is 1. The van der Waals surface area contributed by atoms with Crippen LogP contribution >= 0.6 is 23.2 Å². The molecule has 0 saturated heterocycles. The average Bonchev–Trinajstić information content (AvgIpc) is 3.06. The number of esters is 1. The molecule has 2 unspecified atom stereocenters. The first kappa shape index (κ1) is 18.5. The molecule has 1 aliphatic rings. The van der Waals surface area contributed by atoms with Gasteiger partial charge in [0.15, 0.2) is 0 Å². The Morgan fingerprint density at radius 3 is 2.54 bits per heavy atom. The third kappa shape index (κ3) is 2.79. The van der Waals surface area contributed by atoms with E-state index in [2.05, 4.69) is 4.74 Å². The number of nitrogens with zero attached hydrogens (tertiary/aromatic N) is 1. The molecule has 0 spiro atoms. The maximum atomic E-state index is 12.9. The molecule has 6 nitrogen and oxygen atoms in total. The minimum atomic E-state index is -1.65. The number of fused-ring (bicyclic) bond motifs is 1. The molecule has 0 saturated carbocycles. The van der Waals surface area contributed by atoms with E-state index in [1.807, 2.05) is 0 Å². The van der Waals surface area contributed by atoms with Gasteiger partial charge in [0.05, 0.1) is 10.7 Å². The standard InChI is InChI=1S/C18H15Cl2NO5/c1-9-8-21-13(15(22)11-4-3-10(19)7-12(11)20)5-6-14(21)18(9,2)16(23)26-17(24)25/h3-7,9H,8H2,1-2H3,(H,24,25). The summed E-state index contributed by atoms with van der Waals surface area (Å²) < 4.78 is 6.10. The van der Waals surface area contributed by atoms with E-state index in [-0.39, 0.29) is 16.7 Å². The summed E-state index contributed by atoms with van der Waals surface area (Å²) in [5, 5.41) is 9.41. The van der Waals surface area contributed by atoms with Crippen molar-refractivity contribution in [3.05, 3.63) is 57.3 Å². The van der Waals surface area contributed by atoms with E-state index in [1.165, 1.54) is 6.07 Å². The lowest BCUT2D eigenvalue weighted by Gasteiger charge is -2.24. The van der Waals surface area contributed by atoms with Gasteiger partial charge >= 0.3 is 12.1 Å². The zero-order valence-corrected chi connectivity index (χ0v) is 15.5. The molecule has 2 heterocycles. The van der Waals surface area contributed by atoms with Gasteiger partial charge in [-0.15, -0.1) is 0 Å². The van der Waals surface area contributed by atoms with Crippen molar-refractivity contribution >= 4 is 41.1 Å². The number of benzene rings is 1. The Kier molecular flexibility index (Phi) is 4.58. The zero-order chi connectivity index (χ0) is 19.2. The SMILES string of the molecule is CC1Cn2c(C(=O)c3ccc(Cl)cc3Cl)ccc2C1(C)C(=O)OC(=O)O. The van der Waals surface area contributed by atoms with Gasteiger partial charge in [0.25, 0.3) is 0 Å². The molecule has 26 heavy (non-hydrogen) atoms. The van der Waals surface area contributed by atoms with Crippen LogP contribution in [-0.4, -0.2) is 27.6 Å². The minimum Gasteiger partial charge on any atom is -0.449 e. The summed E-state index contributed by atoms with van der Waals surface area (Å²) in [4.78, 5) is 36.0. The molecule has 136 valence electrons. The van der Waals surface area contributed by atoms with Crippen molar-refractivity contribution < 1.29 is 24.2 Å². The highest BCUT2D eigenvalue weighted by Gasteiger charge is 2.50. The average molecular weight is 396 g/mol. The smallest absolute Gasteiger partial charge is 0.449 e. The number of hydrogen-bond acceptors (Lipinski definition) is 4. The molecule has 8 heteroatoms. The molecule has 0 fully saturated rings. The Morgan fingerprint density at radius 2 is 1.92 bits per heavy atom. The molecule has 1 N–H and O–H groups in total. The van der Waals surface area contributed by atoms with Crippen LogP contribution in [0.4, 0.5) is 4.79 Å². The number of ketones is 1. The van der Waals surface area contributed by atoms with Crippen molar-refractivity contribution in [3.8, 4) is 0 Å². The molecule has 1 aliphatic heterocycles. The van der Waals surface area contributed by atoms with Crippen LogP contribution in [0.2, 0.25) is 10.0 Å². The molecule has 0 bridgehead atoms. The minimum absolute atomic E-state index is 0.233. The fraction of sp³-hybridized carbons (Fsp3) is 0.278. The number of carboxylic acid groups (broad SMARTS) is 1. The Hall–Kier alpha value is -2.31. The Labute approximate surface area is 159 Å². The molecule has 2 aromatic rings. The number of aromatic nitrogens is 1. The summed E-state index contributed by atoms with van der Waals surface area (Å²) >= 11 is 12.0. The highest BCUT2D eigenvalue weighted by molar-refractivity contribution is 6.37. The van der Waals surface area contributed by atoms with E-state index in [4.69, 9.17) is 28.3 Å². The van der Waals surface area contributed by atoms with Crippen molar-refractivity contribution in [3.63, 3.8) is 0 Å². The van der Waals surface area contributed by atoms with Gasteiger partial charge in [0.1, 0.15) is 5.41 Å². The fourth-order valence-corrected chi connectivity index (χ4v) is 3.82. The normalized spacial score (nSPS) is 21.3. The molecular weight excluding hydrogens is 381 g/mol. The predicted molar refractivity (Wildman–Crippen MR) is 95.0 cm³/mol. The first-order valence-electron chi connectivity index (χ1n) is 7.81. The number of rotatable bonds is 3. The Morgan fingerprint density at radius 1 is 1.23 bits per heavy atom. The van der Waals surface area contributed by atoms with Crippen LogP contribution in [0.15, 0.2) is 30.3 Å². The lowest BCUT2D eigenvalue weighted by Crippen LogP contribution is -2.38.